The molecular formula is C10H15BrN2O2S. The third kappa shape index (κ3) is 3.47. The molecular weight excluding hydrogens is 292 g/mol. The van der Waals surface area contributed by atoms with Gasteiger partial charge < -0.3 is 5.73 Å². The first-order valence-electron chi connectivity index (χ1n) is 4.71. The maximum absolute atomic E-state index is 11.9. The van der Waals surface area contributed by atoms with E-state index in [-0.39, 0.29) is 4.90 Å². The number of hydrogen-bond donors (Lipinski definition) is 2. The summed E-state index contributed by atoms with van der Waals surface area (Å²) in [6.07, 6.45) is 0. The molecule has 0 unspecified atom stereocenters. The first-order valence-corrected chi connectivity index (χ1v) is 6.98. The van der Waals surface area contributed by atoms with Crippen molar-refractivity contribution in [2.24, 2.45) is 0 Å². The zero-order valence-electron chi connectivity index (χ0n) is 9.41. The number of nitrogens with one attached hydrogen (secondary N) is 1. The van der Waals surface area contributed by atoms with Crippen LogP contribution in [-0.4, -0.2) is 14.0 Å². The Morgan fingerprint density at radius 2 is 1.88 bits per heavy atom. The molecule has 0 aliphatic carbocycles. The highest BCUT2D eigenvalue weighted by molar-refractivity contribution is 9.10. The second-order valence-electron chi connectivity index (χ2n) is 4.54. The molecule has 1 rings (SSSR count). The van der Waals surface area contributed by atoms with Crippen LogP contribution in [0.15, 0.2) is 27.6 Å². The lowest BCUT2D eigenvalue weighted by Gasteiger charge is -2.20. The summed E-state index contributed by atoms with van der Waals surface area (Å²) in [5.41, 5.74) is 5.60. The fraction of sp³-hybridized carbons (Fsp3) is 0.400. The van der Waals surface area contributed by atoms with Gasteiger partial charge in [-0.05, 0) is 54.9 Å². The van der Waals surface area contributed by atoms with Crippen molar-refractivity contribution in [1.29, 1.82) is 0 Å². The van der Waals surface area contributed by atoms with E-state index in [1.165, 1.54) is 12.1 Å². The van der Waals surface area contributed by atoms with Crippen molar-refractivity contribution in [3.8, 4) is 0 Å². The molecule has 6 heteroatoms. The van der Waals surface area contributed by atoms with Gasteiger partial charge >= 0.3 is 0 Å². The van der Waals surface area contributed by atoms with E-state index in [1.807, 2.05) is 0 Å². The number of rotatable bonds is 2. The summed E-state index contributed by atoms with van der Waals surface area (Å²) in [6.45, 7) is 5.37. The van der Waals surface area contributed by atoms with E-state index in [0.717, 1.165) is 0 Å². The van der Waals surface area contributed by atoms with Crippen LogP contribution in [0.2, 0.25) is 0 Å². The molecule has 3 N–H and O–H groups in total. The largest absolute Gasteiger partial charge is 0.398 e. The van der Waals surface area contributed by atoms with E-state index in [4.69, 9.17) is 5.73 Å². The summed E-state index contributed by atoms with van der Waals surface area (Å²) < 4.78 is 27.0. The minimum atomic E-state index is -3.49. The van der Waals surface area contributed by atoms with Gasteiger partial charge in [-0.15, -0.1) is 0 Å². The third-order valence-electron chi connectivity index (χ3n) is 1.72. The molecule has 16 heavy (non-hydrogen) atoms. The van der Waals surface area contributed by atoms with Crippen LogP contribution in [0, 0.1) is 0 Å². The summed E-state index contributed by atoms with van der Waals surface area (Å²) in [4.78, 5) is 0.198. The topological polar surface area (TPSA) is 72.2 Å². The smallest absolute Gasteiger partial charge is 0.241 e. The predicted octanol–water partition coefficient (Wildman–Crippen LogP) is 2.11. The number of nitrogens with two attached hydrogens (primary N) is 1. The lowest BCUT2D eigenvalue weighted by molar-refractivity contribution is 0.491. The highest BCUT2D eigenvalue weighted by Crippen LogP contribution is 2.23. The van der Waals surface area contributed by atoms with Crippen LogP contribution in [0.3, 0.4) is 0 Å². The van der Waals surface area contributed by atoms with Gasteiger partial charge in [0, 0.05) is 15.7 Å². The monoisotopic (exact) mass is 306 g/mol. The van der Waals surface area contributed by atoms with Crippen molar-refractivity contribution in [3.05, 3.63) is 22.7 Å². The Balaban J connectivity index is 3.13. The van der Waals surface area contributed by atoms with Crippen molar-refractivity contribution >= 4 is 31.6 Å². The number of sulfonamides is 1. The van der Waals surface area contributed by atoms with Gasteiger partial charge in [0.25, 0.3) is 0 Å². The van der Waals surface area contributed by atoms with Crippen molar-refractivity contribution < 1.29 is 8.42 Å². The first kappa shape index (κ1) is 13.5. The lowest BCUT2D eigenvalue weighted by atomic mass is 10.1. The minimum absolute atomic E-state index is 0.198. The Kier molecular flexibility index (Phi) is 3.66. The highest BCUT2D eigenvalue weighted by atomic mass is 79.9. The van der Waals surface area contributed by atoms with Gasteiger partial charge in [-0.3, -0.25) is 0 Å². The zero-order chi connectivity index (χ0) is 12.6. The van der Waals surface area contributed by atoms with Gasteiger partial charge in [-0.2, -0.15) is 0 Å². The molecule has 0 aliphatic rings. The van der Waals surface area contributed by atoms with E-state index in [9.17, 15) is 8.42 Å². The molecule has 0 saturated carbocycles. The third-order valence-corrected chi connectivity index (χ3v) is 4.17. The summed E-state index contributed by atoms with van der Waals surface area (Å²) >= 11 is 3.20. The summed E-state index contributed by atoms with van der Waals surface area (Å²) in [5.74, 6) is 0. The van der Waals surface area contributed by atoms with Crippen LogP contribution < -0.4 is 10.5 Å². The quantitative estimate of drug-likeness (QED) is 0.822. The molecule has 90 valence electrons. The Hall–Kier alpha value is -0.590. The van der Waals surface area contributed by atoms with Gasteiger partial charge in [-0.1, -0.05) is 0 Å². The van der Waals surface area contributed by atoms with E-state index >= 15 is 0 Å². The fourth-order valence-corrected chi connectivity index (χ4v) is 3.11. The average Bonchev–Trinajstić information content (AvgIpc) is 2.05. The molecule has 0 heterocycles. The molecule has 0 amide bonds. The molecule has 0 bridgehead atoms. The van der Waals surface area contributed by atoms with E-state index in [2.05, 4.69) is 20.7 Å². The van der Waals surface area contributed by atoms with Crippen LogP contribution >= 0.6 is 15.9 Å². The van der Waals surface area contributed by atoms with Crippen LogP contribution in [0.25, 0.3) is 0 Å². The molecule has 0 atom stereocenters. The van der Waals surface area contributed by atoms with Crippen molar-refractivity contribution in [1.82, 2.24) is 4.72 Å². The van der Waals surface area contributed by atoms with Crippen molar-refractivity contribution in [2.45, 2.75) is 31.2 Å². The molecule has 0 radical (unpaired) electrons. The molecule has 0 fully saturated rings. The van der Waals surface area contributed by atoms with Gasteiger partial charge in [0.2, 0.25) is 10.0 Å². The van der Waals surface area contributed by atoms with Gasteiger partial charge in [0.05, 0.1) is 4.90 Å². The lowest BCUT2D eigenvalue weighted by Crippen LogP contribution is -2.40. The normalized spacial score (nSPS) is 12.8. The summed E-state index contributed by atoms with van der Waals surface area (Å²) in [7, 11) is -3.49. The first-order chi connectivity index (χ1) is 7.12. The molecule has 0 spiro atoms. The van der Waals surface area contributed by atoms with Crippen molar-refractivity contribution in [2.75, 3.05) is 5.73 Å². The SMILES string of the molecule is CC(C)(C)NS(=O)(=O)c1ccc(N)c(Br)c1. The standard InChI is InChI=1S/C10H15BrN2O2S/c1-10(2,3)13-16(14,15)7-4-5-9(12)8(11)6-7/h4-6,13H,12H2,1-3H3. The number of halogens is 1. The Morgan fingerprint density at radius 3 is 2.31 bits per heavy atom. The Morgan fingerprint density at radius 1 is 1.31 bits per heavy atom. The van der Waals surface area contributed by atoms with E-state index in [1.54, 1.807) is 26.8 Å². The molecule has 4 nitrogen and oxygen atoms in total. The number of benzene rings is 1. The van der Waals surface area contributed by atoms with Crippen LogP contribution in [0.4, 0.5) is 5.69 Å². The summed E-state index contributed by atoms with van der Waals surface area (Å²) in [5, 5.41) is 0. The second kappa shape index (κ2) is 4.35. The van der Waals surface area contributed by atoms with E-state index < -0.39 is 15.6 Å². The van der Waals surface area contributed by atoms with Crippen molar-refractivity contribution in [3.63, 3.8) is 0 Å². The van der Waals surface area contributed by atoms with Gasteiger partial charge in [0.1, 0.15) is 0 Å². The highest BCUT2D eigenvalue weighted by Gasteiger charge is 2.22. The van der Waals surface area contributed by atoms with Gasteiger partial charge in [-0.25, -0.2) is 13.1 Å². The molecule has 0 aliphatic heterocycles. The molecule has 0 saturated heterocycles. The molecule has 0 aromatic heterocycles. The number of nitrogen functional groups attached to an aromatic ring is 1. The second-order valence-corrected chi connectivity index (χ2v) is 7.08. The van der Waals surface area contributed by atoms with Crippen LogP contribution in [-0.2, 0) is 10.0 Å². The number of hydrogen-bond acceptors (Lipinski definition) is 3. The summed E-state index contributed by atoms with van der Waals surface area (Å²) in [6, 6.07) is 4.53. The van der Waals surface area contributed by atoms with Gasteiger partial charge in [0.15, 0.2) is 0 Å². The molecule has 1 aromatic rings. The predicted molar refractivity (Wildman–Crippen MR) is 68.6 cm³/mol. The van der Waals surface area contributed by atoms with E-state index in [0.29, 0.717) is 10.2 Å². The zero-order valence-corrected chi connectivity index (χ0v) is 11.8. The number of anilines is 1. The maximum atomic E-state index is 11.9. The molecule has 1 aromatic carbocycles. The fourth-order valence-electron chi connectivity index (χ4n) is 1.14. The Bertz CT molecular complexity index is 492. The minimum Gasteiger partial charge on any atom is -0.398 e. The van der Waals surface area contributed by atoms with Crippen LogP contribution in [0.5, 0.6) is 0 Å². The Labute approximate surface area is 104 Å². The average molecular weight is 307 g/mol. The van der Waals surface area contributed by atoms with Crippen LogP contribution in [0.1, 0.15) is 20.8 Å². The maximum Gasteiger partial charge on any atom is 0.241 e.